The van der Waals surface area contributed by atoms with Crippen molar-refractivity contribution < 1.29 is 24.2 Å². The molecule has 0 heterocycles. The van der Waals surface area contributed by atoms with Gasteiger partial charge in [0.15, 0.2) is 12.4 Å². The zero-order valence-corrected chi connectivity index (χ0v) is 14.2. The number of Topliss-reactive ketones (excluding diaryl/α,β-unsaturated/α-hetero) is 1. The van der Waals surface area contributed by atoms with Gasteiger partial charge in [-0.1, -0.05) is 35.9 Å². The number of ether oxygens (including phenoxy) is 1. The van der Waals surface area contributed by atoms with Gasteiger partial charge in [-0.25, -0.2) is 4.79 Å². The summed E-state index contributed by atoms with van der Waals surface area (Å²) < 4.78 is 4.93. The Morgan fingerprint density at radius 1 is 1.12 bits per heavy atom. The van der Waals surface area contributed by atoms with E-state index in [1.165, 1.54) is 25.1 Å². The third-order valence-corrected chi connectivity index (χ3v) is 3.57. The maximum Gasteiger partial charge on any atom is 0.342 e. The minimum atomic E-state index is -0.815. The largest absolute Gasteiger partial charge is 0.507 e. The summed E-state index contributed by atoms with van der Waals surface area (Å²) in [5, 5.41) is 12.6. The number of phenolic OH excluding ortho intramolecular Hbond substituents is 1. The second-order valence-corrected chi connectivity index (χ2v) is 5.70. The summed E-state index contributed by atoms with van der Waals surface area (Å²) in [7, 11) is 0. The van der Waals surface area contributed by atoms with Gasteiger partial charge in [0, 0.05) is 24.1 Å². The molecule has 2 N–H and O–H groups in total. The number of aromatic hydroxyl groups is 1. The first-order chi connectivity index (χ1) is 11.9. The van der Waals surface area contributed by atoms with Crippen LogP contribution in [0.4, 0.5) is 0 Å². The molecule has 2 aromatic rings. The minimum Gasteiger partial charge on any atom is -0.507 e. The first-order valence-electron chi connectivity index (χ1n) is 7.39. The van der Waals surface area contributed by atoms with Gasteiger partial charge in [0.1, 0.15) is 11.3 Å². The van der Waals surface area contributed by atoms with Crippen molar-refractivity contribution >= 4 is 29.3 Å². The van der Waals surface area contributed by atoms with Crippen LogP contribution in [0, 0.1) is 0 Å². The lowest BCUT2D eigenvalue weighted by Crippen LogP contribution is -2.19. The number of rotatable bonds is 6. The monoisotopic (exact) mass is 361 g/mol. The fourth-order valence-corrected chi connectivity index (χ4v) is 2.17. The Hall–Kier alpha value is -2.86. The highest BCUT2D eigenvalue weighted by Gasteiger charge is 2.15. The number of amides is 1. The van der Waals surface area contributed by atoms with Crippen molar-refractivity contribution in [2.24, 2.45) is 0 Å². The maximum absolute atomic E-state index is 12.1. The van der Waals surface area contributed by atoms with Crippen molar-refractivity contribution in [1.82, 2.24) is 5.32 Å². The summed E-state index contributed by atoms with van der Waals surface area (Å²) in [5.74, 6) is -1.65. The van der Waals surface area contributed by atoms with Crippen LogP contribution in [0.1, 0.15) is 33.2 Å². The maximum atomic E-state index is 12.1. The zero-order chi connectivity index (χ0) is 18.4. The Bertz CT molecular complexity index is 802. The zero-order valence-electron chi connectivity index (χ0n) is 13.4. The van der Waals surface area contributed by atoms with E-state index in [0.717, 1.165) is 5.56 Å². The average Bonchev–Trinajstić information content (AvgIpc) is 2.58. The molecule has 2 rings (SSSR count). The number of benzene rings is 2. The fraction of sp³-hybridized carbons (Fsp3) is 0.167. The Morgan fingerprint density at radius 3 is 2.40 bits per heavy atom. The Balaban J connectivity index is 1.93. The molecule has 0 aliphatic rings. The molecule has 6 nitrogen and oxygen atoms in total. The topological polar surface area (TPSA) is 92.7 Å². The molecule has 0 saturated carbocycles. The summed E-state index contributed by atoms with van der Waals surface area (Å²) in [4.78, 5) is 34.8. The van der Waals surface area contributed by atoms with Gasteiger partial charge in [-0.15, -0.1) is 0 Å². The van der Waals surface area contributed by atoms with Gasteiger partial charge in [0.05, 0.1) is 0 Å². The summed E-state index contributed by atoms with van der Waals surface area (Å²) in [6, 6.07) is 10.6. The molecule has 0 saturated heterocycles. The second kappa shape index (κ2) is 8.30. The molecule has 0 aliphatic heterocycles. The van der Waals surface area contributed by atoms with Crippen LogP contribution >= 0.6 is 11.6 Å². The molecular formula is C18H16ClNO5. The third-order valence-electron chi connectivity index (χ3n) is 3.33. The van der Waals surface area contributed by atoms with E-state index in [4.69, 9.17) is 16.3 Å². The van der Waals surface area contributed by atoms with Gasteiger partial charge in [0.25, 0.3) is 0 Å². The van der Waals surface area contributed by atoms with Crippen LogP contribution in [0.5, 0.6) is 5.75 Å². The SMILES string of the molecule is CC(=O)NCc1ccc(C(=O)COC(=O)c2ccc(Cl)cc2O)cc1. The average molecular weight is 362 g/mol. The highest BCUT2D eigenvalue weighted by atomic mass is 35.5. The van der Waals surface area contributed by atoms with Gasteiger partial charge >= 0.3 is 5.97 Å². The van der Waals surface area contributed by atoms with Crippen LogP contribution in [-0.2, 0) is 16.1 Å². The van der Waals surface area contributed by atoms with Crippen molar-refractivity contribution in [3.05, 3.63) is 64.2 Å². The van der Waals surface area contributed by atoms with Gasteiger partial charge in [-0.3, -0.25) is 9.59 Å². The van der Waals surface area contributed by atoms with Gasteiger partial charge in [-0.05, 0) is 23.8 Å². The van der Waals surface area contributed by atoms with Crippen molar-refractivity contribution in [3.8, 4) is 5.75 Å². The predicted molar refractivity (Wildman–Crippen MR) is 91.7 cm³/mol. The number of esters is 1. The number of nitrogens with one attached hydrogen (secondary N) is 1. The first kappa shape index (κ1) is 18.5. The van der Waals surface area contributed by atoms with Crippen LogP contribution in [-0.4, -0.2) is 29.4 Å². The van der Waals surface area contributed by atoms with E-state index in [-0.39, 0.29) is 28.0 Å². The third kappa shape index (κ3) is 5.32. The van der Waals surface area contributed by atoms with Crippen LogP contribution in [0.25, 0.3) is 0 Å². The molecule has 0 bridgehead atoms. The number of carbonyl (C=O) groups excluding carboxylic acids is 3. The highest BCUT2D eigenvalue weighted by Crippen LogP contribution is 2.22. The quantitative estimate of drug-likeness (QED) is 0.609. The van der Waals surface area contributed by atoms with E-state index < -0.39 is 12.6 Å². The lowest BCUT2D eigenvalue weighted by molar-refractivity contribution is -0.119. The molecule has 0 radical (unpaired) electrons. The van der Waals surface area contributed by atoms with E-state index in [0.29, 0.717) is 12.1 Å². The number of carbonyl (C=O) groups is 3. The molecule has 7 heteroatoms. The molecule has 0 atom stereocenters. The van der Waals surface area contributed by atoms with Crippen molar-refractivity contribution in [2.75, 3.05) is 6.61 Å². The summed E-state index contributed by atoms with van der Waals surface area (Å²) in [5.41, 5.74) is 1.15. The second-order valence-electron chi connectivity index (χ2n) is 5.27. The van der Waals surface area contributed by atoms with E-state index in [9.17, 15) is 19.5 Å². The number of halogens is 1. The molecular weight excluding hydrogens is 346 g/mol. The molecule has 130 valence electrons. The smallest absolute Gasteiger partial charge is 0.342 e. The standard InChI is InChI=1S/C18H16ClNO5/c1-11(21)20-9-12-2-4-13(5-3-12)17(23)10-25-18(24)15-7-6-14(19)8-16(15)22/h2-8,22H,9-10H2,1H3,(H,20,21). The van der Waals surface area contributed by atoms with E-state index >= 15 is 0 Å². The van der Waals surface area contributed by atoms with Crippen LogP contribution in [0.2, 0.25) is 5.02 Å². The molecule has 2 aromatic carbocycles. The Kier molecular flexibility index (Phi) is 6.14. The Labute approximate surface area is 149 Å². The summed E-state index contributed by atoms with van der Waals surface area (Å²) in [6.07, 6.45) is 0. The number of phenols is 1. The minimum absolute atomic E-state index is 0.0668. The summed E-state index contributed by atoms with van der Waals surface area (Å²) in [6.45, 7) is 1.34. The van der Waals surface area contributed by atoms with Gasteiger partial charge < -0.3 is 15.2 Å². The molecule has 0 spiro atoms. The molecule has 25 heavy (non-hydrogen) atoms. The van der Waals surface area contributed by atoms with Crippen molar-refractivity contribution in [2.45, 2.75) is 13.5 Å². The molecule has 0 fully saturated rings. The lowest BCUT2D eigenvalue weighted by atomic mass is 10.1. The normalized spacial score (nSPS) is 10.2. The Morgan fingerprint density at radius 2 is 1.80 bits per heavy atom. The lowest BCUT2D eigenvalue weighted by Gasteiger charge is -2.07. The van der Waals surface area contributed by atoms with Crippen molar-refractivity contribution in [3.63, 3.8) is 0 Å². The molecule has 0 aliphatic carbocycles. The summed E-state index contributed by atoms with van der Waals surface area (Å²) >= 11 is 5.69. The highest BCUT2D eigenvalue weighted by molar-refractivity contribution is 6.30. The predicted octanol–water partition coefficient (Wildman–Crippen LogP) is 2.72. The van der Waals surface area contributed by atoms with Gasteiger partial charge in [0.2, 0.25) is 5.91 Å². The number of hydrogen-bond donors (Lipinski definition) is 2. The fourth-order valence-electron chi connectivity index (χ4n) is 2.00. The molecule has 1 amide bonds. The van der Waals surface area contributed by atoms with E-state index in [2.05, 4.69) is 5.32 Å². The number of hydrogen-bond acceptors (Lipinski definition) is 5. The molecule has 0 unspecified atom stereocenters. The van der Waals surface area contributed by atoms with Crippen LogP contribution in [0.15, 0.2) is 42.5 Å². The van der Waals surface area contributed by atoms with Crippen molar-refractivity contribution in [1.29, 1.82) is 0 Å². The number of ketones is 1. The van der Waals surface area contributed by atoms with E-state index in [1.807, 2.05) is 0 Å². The molecule has 0 aromatic heterocycles. The van der Waals surface area contributed by atoms with E-state index in [1.54, 1.807) is 24.3 Å². The first-order valence-corrected chi connectivity index (χ1v) is 7.77. The van der Waals surface area contributed by atoms with Crippen LogP contribution in [0.3, 0.4) is 0 Å². The van der Waals surface area contributed by atoms with Gasteiger partial charge in [-0.2, -0.15) is 0 Å². The van der Waals surface area contributed by atoms with Crippen LogP contribution < -0.4 is 5.32 Å².